The van der Waals surface area contributed by atoms with Crippen LogP contribution >= 0.6 is 0 Å². The number of aromatic nitrogens is 2. The van der Waals surface area contributed by atoms with Gasteiger partial charge < -0.3 is 14.1 Å². The van der Waals surface area contributed by atoms with Gasteiger partial charge >= 0.3 is 5.97 Å². The van der Waals surface area contributed by atoms with Gasteiger partial charge in [0.2, 0.25) is 0 Å². The molecule has 1 aliphatic rings. The van der Waals surface area contributed by atoms with Gasteiger partial charge in [-0.2, -0.15) is 4.98 Å². The van der Waals surface area contributed by atoms with Crippen LogP contribution in [0.2, 0.25) is 0 Å². The van der Waals surface area contributed by atoms with E-state index in [9.17, 15) is 4.79 Å². The lowest BCUT2D eigenvalue weighted by Crippen LogP contribution is -2.46. The fourth-order valence-electron chi connectivity index (χ4n) is 2.70. The van der Waals surface area contributed by atoms with E-state index in [1.165, 1.54) is 11.8 Å². The number of esters is 1. The highest BCUT2D eigenvalue weighted by Gasteiger charge is 2.23. The van der Waals surface area contributed by atoms with E-state index in [-0.39, 0.29) is 5.69 Å². The van der Waals surface area contributed by atoms with E-state index >= 15 is 0 Å². The van der Waals surface area contributed by atoms with Crippen LogP contribution in [0.3, 0.4) is 0 Å². The Bertz CT molecular complexity index is 693. The van der Waals surface area contributed by atoms with E-state index in [4.69, 9.17) is 9.15 Å². The van der Waals surface area contributed by atoms with Gasteiger partial charge in [0.25, 0.3) is 6.01 Å². The molecule has 7 heteroatoms. The largest absolute Gasteiger partial charge is 0.461 e. The van der Waals surface area contributed by atoms with Crippen LogP contribution in [-0.4, -0.2) is 53.6 Å². The van der Waals surface area contributed by atoms with E-state index in [0.717, 1.165) is 38.4 Å². The summed E-state index contributed by atoms with van der Waals surface area (Å²) < 4.78 is 10.4. The van der Waals surface area contributed by atoms with Crippen molar-refractivity contribution in [2.24, 2.45) is 0 Å². The van der Waals surface area contributed by atoms with Crippen LogP contribution in [-0.2, 0) is 11.3 Å². The molecule has 7 nitrogen and oxygen atoms in total. The van der Waals surface area contributed by atoms with Gasteiger partial charge in [0.1, 0.15) is 6.26 Å². The number of hydrogen-bond acceptors (Lipinski definition) is 7. The van der Waals surface area contributed by atoms with Gasteiger partial charge in [0, 0.05) is 38.9 Å². The molecule has 0 amide bonds. The maximum Gasteiger partial charge on any atom is 0.360 e. The molecule has 2 aromatic rings. The SMILES string of the molecule is CCOC(=O)c1coc(N2CCN(Cc3ncccc3C)CC2)n1. The first-order valence-electron chi connectivity index (χ1n) is 8.18. The van der Waals surface area contributed by atoms with Crippen LogP contribution in [0.15, 0.2) is 29.0 Å². The molecule has 0 bridgehead atoms. The summed E-state index contributed by atoms with van der Waals surface area (Å²) in [5.74, 6) is -0.447. The minimum Gasteiger partial charge on any atom is -0.461 e. The highest BCUT2D eigenvalue weighted by Crippen LogP contribution is 2.17. The van der Waals surface area contributed by atoms with Crippen LogP contribution in [0, 0.1) is 6.92 Å². The molecule has 0 aliphatic carbocycles. The van der Waals surface area contributed by atoms with Crippen LogP contribution in [0.5, 0.6) is 0 Å². The second-order valence-electron chi connectivity index (χ2n) is 5.77. The van der Waals surface area contributed by atoms with Crippen molar-refractivity contribution in [3.63, 3.8) is 0 Å². The molecule has 24 heavy (non-hydrogen) atoms. The molecule has 0 spiro atoms. The monoisotopic (exact) mass is 330 g/mol. The number of anilines is 1. The smallest absolute Gasteiger partial charge is 0.360 e. The van der Waals surface area contributed by atoms with E-state index < -0.39 is 5.97 Å². The van der Waals surface area contributed by atoms with Gasteiger partial charge in [-0.05, 0) is 25.5 Å². The topological polar surface area (TPSA) is 71.7 Å². The maximum absolute atomic E-state index is 11.6. The second-order valence-corrected chi connectivity index (χ2v) is 5.77. The first-order chi connectivity index (χ1) is 11.7. The predicted octanol–water partition coefficient (Wildman–Crippen LogP) is 1.88. The van der Waals surface area contributed by atoms with Gasteiger partial charge in [-0.1, -0.05) is 6.07 Å². The number of rotatable bonds is 5. The average Bonchev–Trinajstić information content (AvgIpc) is 3.08. The van der Waals surface area contributed by atoms with Crippen molar-refractivity contribution < 1.29 is 13.9 Å². The Labute approximate surface area is 141 Å². The third kappa shape index (κ3) is 3.73. The van der Waals surface area contributed by atoms with E-state index in [2.05, 4.69) is 27.9 Å². The third-order valence-corrected chi connectivity index (χ3v) is 4.11. The average molecular weight is 330 g/mol. The summed E-state index contributed by atoms with van der Waals surface area (Å²) >= 11 is 0. The molecule has 2 aromatic heterocycles. The predicted molar refractivity (Wildman–Crippen MR) is 88.9 cm³/mol. The second kappa shape index (κ2) is 7.44. The molecule has 0 saturated carbocycles. The molecule has 3 heterocycles. The number of piperazine rings is 1. The van der Waals surface area contributed by atoms with Crippen LogP contribution < -0.4 is 4.90 Å². The first-order valence-corrected chi connectivity index (χ1v) is 8.18. The summed E-state index contributed by atoms with van der Waals surface area (Å²) in [6.07, 6.45) is 3.19. The van der Waals surface area contributed by atoms with Gasteiger partial charge in [-0.15, -0.1) is 0 Å². The zero-order valence-electron chi connectivity index (χ0n) is 14.1. The van der Waals surface area contributed by atoms with Crippen LogP contribution in [0.1, 0.15) is 28.7 Å². The molecule has 128 valence electrons. The molecule has 0 N–H and O–H groups in total. The molecule has 0 atom stereocenters. The summed E-state index contributed by atoms with van der Waals surface area (Å²) in [7, 11) is 0. The summed E-state index contributed by atoms with van der Waals surface area (Å²) in [5.41, 5.74) is 2.55. The molecule has 3 rings (SSSR count). The molecular formula is C17H22N4O3. The minimum absolute atomic E-state index is 0.221. The number of nitrogens with zero attached hydrogens (tertiary/aromatic N) is 4. The Morgan fingerprint density at radius 1 is 1.33 bits per heavy atom. The van der Waals surface area contributed by atoms with Crippen molar-refractivity contribution in [2.45, 2.75) is 20.4 Å². The van der Waals surface area contributed by atoms with Crippen molar-refractivity contribution in [1.82, 2.24) is 14.9 Å². The van der Waals surface area contributed by atoms with Crippen LogP contribution in [0.4, 0.5) is 6.01 Å². The summed E-state index contributed by atoms with van der Waals surface area (Å²) in [4.78, 5) is 24.7. The molecule has 0 aromatic carbocycles. The third-order valence-electron chi connectivity index (χ3n) is 4.11. The van der Waals surface area contributed by atoms with Crippen LogP contribution in [0.25, 0.3) is 0 Å². The van der Waals surface area contributed by atoms with Gasteiger partial charge in [0.15, 0.2) is 5.69 Å². The number of hydrogen-bond donors (Lipinski definition) is 0. The van der Waals surface area contributed by atoms with E-state index in [1.54, 1.807) is 6.92 Å². The molecule has 1 fully saturated rings. The number of oxazole rings is 1. The van der Waals surface area contributed by atoms with Crippen molar-refractivity contribution in [3.8, 4) is 0 Å². The zero-order valence-corrected chi connectivity index (χ0v) is 14.1. The normalized spacial score (nSPS) is 15.5. The number of carbonyl (C=O) groups excluding carboxylic acids is 1. The van der Waals surface area contributed by atoms with Crippen molar-refractivity contribution >= 4 is 12.0 Å². The lowest BCUT2D eigenvalue weighted by molar-refractivity contribution is 0.0519. The Kier molecular flexibility index (Phi) is 5.10. The highest BCUT2D eigenvalue weighted by molar-refractivity contribution is 5.87. The van der Waals surface area contributed by atoms with Gasteiger partial charge in [-0.3, -0.25) is 9.88 Å². The Morgan fingerprint density at radius 2 is 2.12 bits per heavy atom. The fraction of sp³-hybridized carbons (Fsp3) is 0.471. The van der Waals surface area contributed by atoms with E-state index in [0.29, 0.717) is 12.6 Å². The molecule has 1 aliphatic heterocycles. The van der Waals surface area contributed by atoms with Gasteiger partial charge in [0.05, 0.1) is 12.3 Å². The van der Waals surface area contributed by atoms with Crippen molar-refractivity contribution in [3.05, 3.63) is 41.5 Å². The van der Waals surface area contributed by atoms with Crippen molar-refractivity contribution in [2.75, 3.05) is 37.7 Å². The standard InChI is InChI=1S/C17H22N4O3/c1-3-23-16(22)15-12-24-17(19-15)21-9-7-20(8-10-21)11-14-13(2)5-4-6-18-14/h4-6,12H,3,7-11H2,1-2H3. The summed E-state index contributed by atoms with van der Waals surface area (Å²) in [5, 5.41) is 0. The van der Waals surface area contributed by atoms with Crippen molar-refractivity contribution in [1.29, 1.82) is 0 Å². The zero-order chi connectivity index (χ0) is 16.9. The summed E-state index contributed by atoms with van der Waals surface area (Å²) in [6, 6.07) is 4.52. The number of pyridine rings is 1. The summed E-state index contributed by atoms with van der Waals surface area (Å²) in [6.45, 7) is 8.42. The molecule has 1 saturated heterocycles. The quantitative estimate of drug-likeness (QED) is 0.775. The molecular weight excluding hydrogens is 308 g/mol. The number of ether oxygens (including phenoxy) is 1. The maximum atomic E-state index is 11.6. The van der Waals surface area contributed by atoms with Gasteiger partial charge in [-0.25, -0.2) is 4.79 Å². The molecule has 0 unspecified atom stereocenters. The Morgan fingerprint density at radius 3 is 2.83 bits per heavy atom. The lowest BCUT2D eigenvalue weighted by Gasteiger charge is -2.33. The lowest BCUT2D eigenvalue weighted by atomic mass is 10.2. The van der Waals surface area contributed by atoms with E-state index in [1.807, 2.05) is 17.2 Å². The highest BCUT2D eigenvalue weighted by atomic mass is 16.5. The first kappa shape index (κ1) is 16.4. The minimum atomic E-state index is -0.447. The number of carbonyl (C=O) groups is 1. The molecule has 0 radical (unpaired) electrons. The Hall–Kier alpha value is -2.41. The number of aryl methyl sites for hydroxylation is 1. The fourth-order valence-corrected chi connectivity index (χ4v) is 2.70. The Balaban J connectivity index is 1.55.